The average Bonchev–Trinajstić information content (AvgIpc) is 3.24. The van der Waals surface area contributed by atoms with E-state index < -0.39 is 0 Å². The van der Waals surface area contributed by atoms with E-state index in [1.807, 2.05) is 24.3 Å². The van der Waals surface area contributed by atoms with E-state index in [1.54, 1.807) is 18.9 Å². The van der Waals surface area contributed by atoms with Gasteiger partial charge in [-0.15, -0.1) is 11.8 Å². The number of aromatic nitrogens is 2. The molecule has 0 spiro atoms. The first-order valence-electron chi connectivity index (χ1n) is 9.36. The lowest BCUT2D eigenvalue weighted by atomic mass is 10.0. The maximum Gasteiger partial charge on any atom is 0.254 e. The van der Waals surface area contributed by atoms with Crippen LogP contribution in [0.4, 0.5) is 0 Å². The number of rotatable bonds is 9. The number of hydrogen-bond acceptors (Lipinski definition) is 5. The highest BCUT2D eigenvalue weighted by atomic mass is 32.2. The van der Waals surface area contributed by atoms with E-state index in [0.29, 0.717) is 11.7 Å². The highest BCUT2D eigenvalue weighted by molar-refractivity contribution is 7.98. The summed E-state index contributed by atoms with van der Waals surface area (Å²) in [5, 5.41) is 4.18. The van der Waals surface area contributed by atoms with Gasteiger partial charge >= 0.3 is 0 Å². The molecule has 0 fully saturated rings. The molecule has 0 saturated heterocycles. The van der Waals surface area contributed by atoms with E-state index in [0.717, 1.165) is 48.3 Å². The summed E-state index contributed by atoms with van der Waals surface area (Å²) in [6.07, 6.45) is 7.21. The summed E-state index contributed by atoms with van der Waals surface area (Å²) >= 11 is 1.74. The monoisotopic (exact) mass is 396 g/mol. The fourth-order valence-corrected chi connectivity index (χ4v) is 3.25. The highest BCUT2D eigenvalue weighted by Crippen LogP contribution is 2.26. The Kier molecular flexibility index (Phi) is 7.28. The van der Waals surface area contributed by atoms with Crippen molar-refractivity contribution in [3.8, 4) is 17.1 Å². The van der Waals surface area contributed by atoms with Crippen LogP contribution in [0.2, 0.25) is 0 Å². The minimum Gasteiger partial charge on any atom is -0.497 e. The third-order valence-electron chi connectivity index (χ3n) is 4.45. The van der Waals surface area contributed by atoms with Gasteiger partial charge in [0.15, 0.2) is 0 Å². The summed E-state index contributed by atoms with van der Waals surface area (Å²) in [7, 11) is 1.65. The molecule has 28 heavy (non-hydrogen) atoms. The van der Waals surface area contributed by atoms with Gasteiger partial charge in [0.1, 0.15) is 5.75 Å². The number of unbranched alkanes of at least 4 members (excludes halogenated alkanes) is 1. The van der Waals surface area contributed by atoms with Gasteiger partial charge in [-0.25, -0.2) is 0 Å². The molecule has 146 valence electrons. The Hall–Kier alpha value is -2.57. The molecule has 3 aromatic rings. The SMILES string of the molecule is COc1ccc(-c2noc(/C(=C/c3ccc(SC)cc3)CCCC[NH3+])n2)cc1. The first kappa shape index (κ1) is 20.2. The van der Waals surface area contributed by atoms with Crippen LogP contribution in [-0.2, 0) is 0 Å². The van der Waals surface area contributed by atoms with Gasteiger partial charge in [-0.1, -0.05) is 17.3 Å². The van der Waals surface area contributed by atoms with Crippen molar-refractivity contribution in [2.24, 2.45) is 0 Å². The van der Waals surface area contributed by atoms with Crippen molar-refractivity contribution < 1.29 is 15.0 Å². The quantitative estimate of drug-likeness (QED) is 0.428. The minimum atomic E-state index is 0.573. The number of methoxy groups -OCH3 is 1. The molecule has 0 aliphatic carbocycles. The first-order chi connectivity index (χ1) is 13.7. The second-order valence-electron chi connectivity index (χ2n) is 6.41. The topological polar surface area (TPSA) is 75.8 Å². The van der Waals surface area contributed by atoms with E-state index in [9.17, 15) is 0 Å². The molecule has 2 aromatic carbocycles. The van der Waals surface area contributed by atoms with Crippen LogP contribution in [-0.4, -0.2) is 30.1 Å². The lowest BCUT2D eigenvalue weighted by Gasteiger charge is -2.03. The number of quaternary nitrogens is 1. The van der Waals surface area contributed by atoms with Crippen molar-refractivity contribution >= 4 is 23.4 Å². The van der Waals surface area contributed by atoms with Crippen molar-refractivity contribution in [2.75, 3.05) is 19.9 Å². The van der Waals surface area contributed by atoms with Gasteiger partial charge < -0.3 is 15.0 Å². The van der Waals surface area contributed by atoms with Gasteiger partial charge in [0.05, 0.1) is 13.7 Å². The summed E-state index contributed by atoms with van der Waals surface area (Å²) < 4.78 is 10.8. The Balaban J connectivity index is 1.86. The van der Waals surface area contributed by atoms with Gasteiger partial charge in [-0.05, 0) is 73.6 Å². The summed E-state index contributed by atoms with van der Waals surface area (Å²) in [5.41, 5.74) is 7.02. The van der Waals surface area contributed by atoms with E-state index in [-0.39, 0.29) is 0 Å². The van der Waals surface area contributed by atoms with Crippen LogP contribution in [0, 0.1) is 0 Å². The number of benzene rings is 2. The number of ether oxygens (including phenoxy) is 1. The van der Waals surface area contributed by atoms with Gasteiger partial charge in [-0.3, -0.25) is 0 Å². The minimum absolute atomic E-state index is 0.573. The fourth-order valence-electron chi connectivity index (χ4n) is 2.85. The lowest BCUT2D eigenvalue weighted by Crippen LogP contribution is -2.50. The fraction of sp³-hybridized carbons (Fsp3) is 0.273. The maximum absolute atomic E-state index is 5.61. The summed E-state index contributed by atoms with van der Waals surface area (Å²) in [6, 6.07) is 16.1. The van der Waals surface area contributed by atoms with E-state index in [2.05, 4.69) is 52.5 Å². The second-order valence-corrected chi connectivity index (χ2v) is 7.28. The summed E-state index contributed by atoms with van der Waals surface area (Å²) in [4.78, 5) is 5.88. The van der Waals surface area contributed by atoms with E-state index in [1.165, 1.54) is 4.90 Å². The number of allylic oxidation sites excluding steroid dienone is 1. The zero-order chi connectivity index (χ0) is 19.8. The normalized spacial score (nSPS) is 11.6. The van der Waals surface area contributed by atoms with Gasteiger partial charge in [-0.2, -0.15) is 4.98 Å². The lowest BCUT2D eigenvalue weighted by molar-refractivity contribution is -0.368. The van der Waals surface area contributed by atoms with Gasteiger partial charge in [0, 0.05) is 16.0 Å². The molecular formula is C22H26N3O2S+. The van der Waals surface area contributed by atoms with Crippen LogP contribution in [0.3, 0.4) is 0 Å². The zero-order valence-electron chi connectivity index (χ0n) is 16.4. The largest absolute Gasteiger partial charge is 0.497 e. The molecule has 0 saturated carbocycles. The van der Waals surface area contributed by atoms with Crippen LogP contribution < -0.4 is 10.5 Å². The third-order valence-corrected chi connectivity index (χ3v) is 5.20. The Morgan fingerprint density at radius 2 is 1.86 bits per heavy atom. The van der Waals surface area contributed by atoms with E-state index >= 15 is 0 Å². The third kappa shape index (κ3) is 5.24. The van der Waals surface area contributed by atoms with Gasteiger partial charge in [0.2, 0.25) is 5.82 Å². The molecule has 0 unspecified atom stereocenters. The molecule has 0 bridgehead atoms. The number of thioether (sulfide) groups is 1. The van der Waals surface area contributed by atoms with Crippen LogP contribution in [0.15, 0.2) is 57.9 Å². The molecule has 0 aliphatic rings. The molecule has 1 heterocycles. The van der Waals surface area contributed by atoms with Crippen molar-refractivity contribution in [2.45, 2.75) is 24.2 Å². The van der Waals surface area contributed by atoms with Crippen LogP contribution >= 0.6 is 11.8 Å². The molecule has 0 aliphatic heterocycles. The molecule has 3 N–H and O–H groups in total. The molecule has 6 heteroatoms. The molecule has 0 radical (unpaired) electrons. The second kappa shape index (κ2) is 10.1. The summed E-state index contributed by atoms with van der Waals surface area (Å²) in [5.74, 6) is 1.96. The van der Waals surface area contributed by atoms with Crippen molar-refractivity contribution in [3.63, 3.8) is 0 Å². The zero-order valence-corrected chi connectivity index (χ0v) is 17.2. The smallest absolute Gasteiger partial charge is 0.254 e. The Labute approximate surface area is 170 Å². The van der Waals surface area contributed by atoms with Crippen LogP contribution in [0.5, 0.6) is 5.75 Å². The van der Waals surface area contributed by atoms with Crippen molar-refractivity contribution in [1.29, 1.82) is 0 Å². The molecule has 1 aromatic heterocycles. The van der Waals surface area contributed by atoms with E-state index in [4.69, 9.17) is 9.26 Å². The van der Waals surface area contributed by atoms with Crippen molar-refractivity contribution in [1.82, 2.24) is 10.1 Å². The Bertz CT molecular complexity index is 902. The molecule has 5 nitrogen and oxygen atoms in total. The predicted molar refractivity (Wildman–Crippen MR) is 114 cm³/mol. The Morgan fingerprint density at radius 3 is 2.50 bits per heavy atom. The maximum atomic E-state index is 5.61. The molecule has 3 rings (SSSR count). The Morgan fingerprint density at radius 1 is 1.11 bits per heavy atom. The standard InChI is InChI=1S/C22H25N3O2S/c1-26-19-10-8-17(9-11-19)21-24-22(27-25-21)18(5-3-4-14-23)15-16-6-12-20(28-2)13-7-16/h6-13,15H,3-5,14,23H2,1-2H3/p+1/b18-15+. The first-order valence-corrected chi connectivity index (χ1v) is 10.6. The predicted octanol–water partition coefficient (Wildman–Crippen LogP) is 4.42. The van der Waals surface area contributed by atoms with Crippen LogP contribution in [0.1, 0.15) is 30.7 Å². The van der Waals surface area contributed by atoms with Gasteiger partial charge in [0.25, 0.3) is 5.89 Å². The highest BCUT2D eigenvalue weighted by Gasteiger charge is 2.13. The molecular weight excluding hydrogens is 370 g/mol. The number of nitrogens with zero attached hydrogens (tertiary/aromatic N) is 2. The average molecular weight is 397 g/mol. The van der Waals surface area contributed by atoms with Crippen molar-refractivity contribution in [3.05, 3.63) is 60.0 Å². The van der Waals surface area contributed by atoms with Crippen LogP contribution in [0.25, 0.3) is 23.0 Å². The molecule has 0 atom stereocenters. The number of hydrogen-bond donors (Lipinski definition) is 1. The summed E-state index contributed by atoms with van der Waals surface area (Å²) in [6.45, 7) is 0.927. The molecule has 0 amide bonds.